The zero-order valence-corrected chi connectivity index (χ0v) is 13.3. The molecular formula is C18H22N2O2. The van der Waals surface area contributed by atoms with E-state index >= 15 is 0 Å². The van der Waals surface area contributed by atoms with Crippen LogP contribution in [-0.2, 0) is 11.3 Å². The molecule has 0 aliphatic heterocycles. The Morgan fingerprint density at radius 3 is 2.36 bits per heavy atom. The summed E-state index contributed by atoms with van der Waals surface area (Å²) in [5.41, 5.74) is 9.66. The van der Waals surface area contributed by atoms with Gasteiger partial charge in [0.05, 0.1) is 6.54 Å². The highest BCUT2D eigenvalue weighted by molar-refractivity contribution is 5.77. The molecule has 1 amide bonds. The largest absolute Gasteiger partial charge is 0.457 e. The van der Waals surface area contributed by atoms with E-state index in [4.69, 9.17) is 10.5 Å². The Hall–Kier alpha value is -2.33. The van der Waals surface area contributed by atoms with Gasteiger partial charge in [0.2, 0.25) is 5.91 Å². The molecule has 0 saturated heterocycles. The molecule has 2 rings (SSSR count). The molecule has 0 fully saturated rings. The van der Waals surface area contributed by atoms with Gasteiger partial charge in [-0.05, 0) is 61.2 Å². The molecule has 0 spiro atoms. The monoisotopic (exact) mass is 298 g/mol. The summed E-state index contributed by atoms with van der Waals surface area (Å²) in [7, 11) is 0. The fraction of sp³-hybridized carbons (Fsp3) is 0.278. The van der Waals surface area contributed by atoms with E-state index in [1.807, 2.05) is 37.3 Å². The van der Waals surface area contributed by atoms with Crippen LogP contribution in [0.15, 0.2) is 36.4 Å². The topological polar surface area (TPSA) is 64.3 Å². The van der Waals surface area contributed by atoms with Crippen LogP contribution < -0.4 is 15.8 Å². The number of nitrogens with two attached hydrogens (primary N) is 1. The summed E-state index contributed by atoms with van der Waals surface area (Å²) < 4.78 is 5.97. The molecule has 0 unspecified atom stereocenters. The maximum atomic E-state index is 11.2. The van der Waals surface area contributed by atoms with Crippen LogP contribution in [0.5, 0.6) is 11.5 Å². The van der Waals surface area contributed by atoms with Crippen LogP contribution in [0.2, 0.25) is 0 Å². The minimum atomic E-state index is -0.159. The van der Waals surface area contributed by atoms with E-state index in [-0.39, 0.29) is 12.5 Å². The summed E-state index contributed by atoms with van der Waals surface area (Å²) >= 11 is 0. The Morgan fingerprint density at radius 1 is 1.09 bits per heavy atom. The van der Waals surface area contributed by atoms with Crippen molar-refractivity contribution in [2.24, 2.45) is 5.73 Å². The number of hydrogen-bond donors (Lipinski definition) is 2. The summed E-state index contributed by atoms with van der Waals surface area (Å²) in [6.45, 7) is 6.58. The molecule has 0 radical (unpaired) electrons. The van der Waals surface area contributed by atoms with Crippen molar-refractivity contribution < 1.29 is 9.53 Å². The van der Waals surface area contributed by atoms with Crippen molar-refractivity contribution in [3.63, 3.8) is 0 Å². The third-order valence-corrected chi connectivity index (χ3v) is 3.34. The first kappa shape index (κ1) is 16.0. The lowest BCUT2D eigenvalue weighted by molar-refractivity contribution is -0.119. The Labute approximate surface area is 131 Å². The van der Waals surface area contributed by atoms with Gasteiger partial charge in [0, 0.05) is 6.54 Å². The predicted molar refractivity (Wildman–Crippen MR) is 88.1 cm³/mol. The molecule has 4 heteroatoms. The second-order valence-electron chi connectivity index (χ2n) is 5.51. The van der Waals surface area contributed by atoms with Gasteiger partial charge in [-0.1, -0.05) is 18.2 Å². The third-order valence-electron chi connectivity index (χ3n) is 3.34. The molecule has 0 saturated carbocycles. The molecule has 2 aromatic rings. The predicted octanol–water partition coefficient (Wildman–Crippen LogP) is 2.98. The summed E-state index contributed by atoms with van der Waals surface area (Å²) in [5, 5.41) is 2.76. The second kappa shape index (κ2) is 7.09. The number of aryl methyl sites for hydroxylation is 3. The first-order chi connectivity index (χ1) is 10.5. The summed E-state index contributed by atoms with van der Waals surface area (Å²) in [6.07, 6.45) is 0. The van der Waals surface area contributed by atoms with Gasteiger partial charge in [-0.2, -0.15) is 0 Å². The smallest absolute Gasteiger partial charge is 0.234 e. The molecule has 3 N–H and O–H groups in total. The average Bonchev–Trinajstić information content (AvgIpc) is 2.46. The van der Waals surface area contributed by atoms with E-state index in [1.165, 1.54) is 11.1 Å². The van der Waals surface area contributed by atoms with Crippen molar-refractivity contribution in [3.05, 3.63) is 58.7 Å². The maximum Gasteiger partial charge on any atom is 0.234 e. The fourth-order valence-electron chi connectivity index (χ4n) is 2.33. The van der Waals surface area contributed by atoms with Gasteiger partial charge < -0.3 is 15.8 Å². The number of nitrogens with one attached hydrogen (secondary N) is 1. The zero-order chi connectivity index (χ0) is 16.1. The van der Waals surface area contributed by atoms with Crippen LogP contribution in [0, 0.1) is 20.8 Å². The molecule has 22 heavy (non-hydrogen) atoms. The molecule has 0 aliphatic rings. The van der Waals surface area contributed by atoms with Crippen LogP contribution in [-0.4, -0.2) is 12.5 Å². The summed E-state index contributed by atoms with van der Waals surface area (Å²) in [4.78, 5) is 11.2. The van der Waals surface area contributed by atoms with E-state index in [9.17, 15) is 4.79 Å². The van der Waals surface area contributed by atoms with Gasteiger partial charge in [-0.3, -0.25) is 4.79 Å². The Balaban J connectivity index is 2.10. The molecule has 0 aromatic heterocycles. The Bertz CT molecular complexity index is 661. The van der Waals surface area contributed by atoms with Crippen molar-refractivity contribution in [2.45, 2.75) is 27.3 Å². The molecular weight excluding hydrogens is 276 g/mol. The Kier molecular flexibility index (Phi) is 5.17. The molecule has 0 heterocycles. The normalized spacial score (nSPS) is 10.4. The highest BCUT2D eigenvalue weighted by atomic mass is 16.5. The van der Waals surface area contributed by atoms with Crippen LogP contribution in [0.25, 0.3) is 0 Å². The number of carbonyl (C=O) groups excluding carboxylic acids is 1. The lowest BCUT2D eigenvalue weighted by atomic mass is 10.1. The average molecular weight is 298 g/mol. The van der Waals surface area contributed by atoms with E-state index in [2.05, 4.69) is 25.2 Å². The van der Waals surface area contributed by atoms with Crippen LogP contribution in [0.1, 0.15) is 22.3 Å². The van der Waals surface area contributed by atoms with E-state index in [0.29, 0.717) is 6.54 Å². The van der Waals surface area contributed by atoms with Gasteiger partial charge in [-0.15, -0.1) is 0 Å². The van der Waals surface area contributed by atoms with Crippen molar-refractivity contribution in [2.75, 3.05) is 6.54 Å². The standard InChI is InChI=1S/C18H22N2O2/c1-12-6-13(2)8-16(7-12)22-17-5-4-15(9-14(17)3)11-20-18(21)10-19/h4-9H,10-11,19H2,1-3H3,(H,20,21). The fourth-order valence-corrected chi connectivity index (χ4v) is 2.33. The van der Waals surface area contributed by atoms with Crippen LogP contribution in [0.4, 0.5) is 0 Å². The molecule has 2 aromatic carbocycles. The van der Waals surface area contributed by atoms with Crippen LogP contribution in [0.3, 0.4) is 0 Å². The van der Waals surface area contributed by atoms with E-state index < -0.39 is 0 Å². The summed E-state index contributed by atoms with van der Waals surface area (Å²) in [5.74, 6) is 1.50. The van der Waals surface area contributed by atoms with E-state index in [1.54, 1.807) is 0 Å². The highest BCUT2D eigenvalue weighted by Crippen LogP contribution is 2.27. The molecule has 0 atom stereocenters. The number of ether oxygens (including phenoxy) is 1. The SMILES string of the molecule is Cc1cc(C)cc(Oc2ccc(CNC(=O)CN)cc2C)c1. The van der Waals surface area contributed by atoms with Crippen molar-refractivity contribution in [1.29, 1.82) is 0 Å². The molecule has 4 nitrogen and oxygen atoms in total. The molecule has 0 aliphatic carbocycles. The lowest BCUT2D eigenvalue weighted by Gasteiger charge is -2.12. The Morgan fingerprint density at radius 2 is 1.77 bits per heavy atom. The first-order valence-electron chi connectivity index (χ1n) is 7.30. The van der Waals surface area contributed by atoms with Gasteiger partial charge in [0.15, 0.2) is 0 Å². The first-order valence-corrected chi connectivity index (χ1v) is 7.30. The summed E-state index contributed by atoms with van der Waals surface area (Å²) in [6, 6.07) is 12.0. The molecule has 116 valence electrons. The van der Waals surface area contributed by atoms with Gasteiger partial charge in [-0.25, -0.2) is 0 Å². The minimum absolute atomic E-state index is 0.00683. The van der Waals surface area contributed by atoms with Crippen molar-refractivity contribution in [1.82, 2.24) is 5.32 Å². The second-order valence-corrected chi connectivity index (χ2v) is 5.51. The zero-order valence-electron chi connectivity index (χ0n) is 13.3. The number of benzene rings is 2. The third kappa shape index (κ3) is 4.33. The van der Waals surface area contributed by atoms with Gasteiger partial charge >= 0.3 is 0 Å². The highest BCUT2D eigenvalue weighted by Gasteiger charge is 2.05. The number of rotatable bonds is 5. The minimum Gasteiger partial charge on any atom is -0.457 e. The number of carbonyl (C=O) groups is 1. The van der Waals surface area contributed by atoms with Crippen molar-refractivity contribution >= 4 is 5.91 Å². The van der Waals surface area contributed by atoms with E-state index in [0.717, 1.165) is 22.6 Å². The van der Waals surface area contributed by atoms with Crippen LogP contribution >= 0.6 is 0 Å². The maximum absolute atomic E-state index is 11.2. The lowest BCUT2D eigenvalue weighted by Crippen LogP contribution is -2.29. The quantitative estimate of drug-likeness (QED) is 0.892. The van der Waals surface area contributed by atoms with Crippen molar-refractivity contribution in [3.8, 4) is 11.5 Å². The molecule has 0 bridgehead atoms. The number of amides is 1. The number of hydrogen-bond acceptors (Lipinski definition) is 3. The van der Waals surface area contributed by atoms with Gasteiger partial charge in [0.25, 0.3) is 0 Å². The van der Waals surface area contributed by atoms with Gasteiger partial charge in [0.1, 0.15) is 11.5 Å².